The summed E-state index contributed by atoms with van der Waals surface area (Å²) in [6.45, 7) is 8.18. The Labute approximate surface area is 163 Å². The van der Waals surface area contributed by atoms with Crippen LogP contribution in [0.1, 0.15) is 58.4 Å². The van der Waals surface area contributed by atoms with E-state index in [0.717, 1.165) is 24.6 Å². The van der Waals surface area contributed by atoms with Gasteiger partial charge in [0.25, 0.3) is 0 Å². The number of amides is 1. The summed E-state index contributed by atoms with van der Waals surface area (Å²) >= 11 is 0. The van der Waals surface area contributed by atoms with Crippen LogP contribution in [-0.4, -0.2) is 32.1 Å². The number of ether oxygens (including phenoxy) is 1. The Bertz CT molecular complexity index is 652. The van der Waals surface area contributed by atoms with Crippen molar-refractivity contribution >= 4 is 17.6 Å². The van der Waals surface area contributed by atoms with Gasteiger partial charge < -0.3 is 20.7 Å². The van der Waals surface area contributed by atoms with Crippen LogP contribution in [0.3, 0.4) is 0 Å². The molecule has 0 aliphatic heterocycles. The predicted octanol–water partition coefficient (Wildman–Crippen LogP) is 3.68. The van der Waals surface area contributed by atoms with Crippen LogP contribution in [0.4, 0.5) is 5.69 Å². The van der Waals surface area contributed by atoms with Crippen molar-refractivity contribution in [2.24, 2.45) is 10.4 Å². The largest absolute Gasteiger partial charge is 0.495 e. The summed E-state index contributed by atoms with van der Waals surface area (Å²) in [6, 6.07) is 5.75. The number of carbonyl (C=O) groups is 1. The van der Waals surface area contributed by atoms with Gasteiger partial charge in [-0.05, 0) is 49.3 Å². The first-order valence-corrected chi connectivity index (χ1v) is 9.98. The zero-order chi connectivity index (χ0) is 19.7. The maximum Gasteiger partial charge on any atom is 0.221 e. The van der Waals surface area contributed by atoms with Gasteiger partial charge >= 0.3 is 0 Å². The van der Waals surface area contributed by atoms with E-state index in [0.29, 0.717) is 23.4 Å². The molecule has 6 heteroatoms. The van der Waals surface area contributed by atoms with Crippen LogP contribution in [0, 0.1) is 5.41 Å². The molecule has 0 aromatic heterocycles. The molecule has 1 aliphatic rings. The van der Waals surface area contributed by atoms with Crippen LogP contribution in [0.25, 0.3) is 0 Å². The molecule has 0 bridgehead atoms. The standard InChI is InChI=1S/C21H34N4O2/c1-5-21(11-7-8-12-21)15-24-20(22-6-2)23-14-17-9-10-19(27-4)18(13-17)25-16(3)26/h9-10,13H,5-8,11-12,14-15H2,1-4H3,(H,25,26)(H2,22,23,24). The summed E-state index contributed by atoms with van der Waals surface area (Å²) < 4.78 is 5.31. The third-order valence-corrected chi connectivity index (χ3v) is 5.38. The lowest BCUT2D eigenvalue weighted by atomic mass is 9.83. The number of hydrogen-bond acceptors (Lipinski definition) is 3. The fraction of sp³-hybridized carbons (Fsp3) is 0.619. The lowest BCUT2D eigenvalue weighted by Crippen LogP contribution is -2.42. The SMILES string of the molecule is CCNC(=NCc1ccc(OC)c(NC(C)=O)c1)NCC1(CC)CCCC1. The average molecular weight is 375 g/mol. The van der Waals surface area contributed by atoms with E-state index in [9.17, 15) is 4.79 Å². The third-order valence-electron chi connectivity index (χ3n) is 5.38. The average Bonchev–Trinajstić information content (AvgIpc) is 3.13. The molecule has 1 fully saturated rings. The van der Waals surface area contributed by atoms with E-state index in [1.165, 1.54) is 39.0 Å². The number of nitrogens with one attached hydrogen (secondary N) is 3. The summed E-state index contributed by atoms with van der Waals surface area (Å²) in [5.41, 5.74) is 2.10. The van der Waals surface area contributed by atoms with Crippen molar-refractivity contribution in [3.63, 3.8) is 0 Å². The van der Waals surface area contributed by atoms with Crippen molar-refractivity contribution in [3.8, 4) is 5.75 Å². The zero-order valence-corrected chi connectivity index (χ0v) is 17.2. The van der Waals surface area contributed by atoms with Gasteiger partial charge in [-0.2, -0.15) is 0 Å². The van der Waals surface area contributed by atoms with E-state index in [1.807, 2.05) is 18.2 Å². The number of carbonyl (C=O) groups excluding carboxylic acids is 1. The molecule has 0 saturated heterocycles. The lowest BCUT2D eigenvalue weighted by Gasteiger charge is -2.28. The third kappa shape index (κ3) is 6.15. The smallest absolute Gasteiger partial charge is 0.221 e. The highest BCUT2D eigenvalue weighted by atomic mass is 16.5. The number of guanidine groups is 1. The fourth-order valence-corrected chi connectivity index (χ4v) is 3.70. The second-order valence-electron chi connectivity index (χ2n) is 7.33. The minimum Gasteiger partial charge on any atom is -0.495 e. The topological polar surface area (TPSA) is 74.8 Å². The second kappa shape index (κ2) is 10.2. The Hall–Kier alpha value is -2.24. The van der Waals surface area contributed by atoms with Crippen molar-refractivity contribution in [1.29, 1.82) is 0 Å². The molecule has 0 unspecified atom stereocenters. The molecule has 150 valence electrons. The maximum atomic E-state index is 11.4. The molecule has 0 spiro atoms. The summed E-state index contributed by atoms with van der Waals surface area (Å²) in [5.74, 6) is 1.37. The Kier molecular flexibility index (Phi) is 7.95. The van der Waals surface area contributed by atoms with Gasteiger partial charge in [0.2, 0.25) is 5.91 Å². The molecule has 1 saturated carbocycles. The molecular formula is C21H34N4O2. The molecule has 1 aromatic rings. The Morgan fingerprint density at radius 3 is 2.56 bits per heavy atom. The highest BCUT2D eigenvalue weighted by Crippen LogP contribution is 2.40. The minimum absolute atomic E-state index is 0.120. The number of anilines is 1. The van der Waals surface area contributed by atoms with Gasteiger partial charge in [0, 0.05) is 20.0 Å². The van der Waals surface area contributed by atoms with Crippen LogP contribution in [0.5, 0.6) is 5.75 Å². The van der Waals surface area contributed by atoms with Gasteiger partial charge in [-0.25, -0.2) is 4.99 Å². The summed E-state index contributed by atoms with van der Waals surface area (Å²) in [7, 11) is 1.60. The number of benzene rings is 1. The number of nitrogens with zero attached hydrogens (tertiary/aromatic N) is 1. The van der Waals surface area contributed by atoms with Crippen LogP contribution in [0.2, 0.25) is 0 Å². The number of aliphatic imine (C=N–C) groups is 1. The molecule has 27 heavy (non-hydrogen) atoms. The number of hydrogen-bond donors (Lipinski definition) is 3. The van der Waals surface area contributed by atoms with Crippen molar-refractivity contribution in [2.45, 2.75) is 59.4 Å². The summed E-state index contributed by atoms with van der Waals surface area (Å²) in [6.07, 6.45) is 6.48. The van der Waals surface area contributed by atoms with E-state index in [2.05, 4.69) is 29.8 Å². The number of rotatable bonds is 8. The quantitative estimate of drug-likeness (QED) is 0.479. The first-order valence-electron chi connectivity index (χ1n) is 9.98. The molecule has 0 atom stereocenters. The second-order valence-corrected chi connectivity index (χ2v) is 7.33. The molecule has 1 amide bonds. The Morgan fingerprint density at radius 2 is 1.96 bits per heavy atom. The molecule has 0 heterocycles. The number of methoxy groups -OCH3 is 1. The van der Waals surface area contributed by atoms with Crippen LogP contribution < -0.4 is 20.7 Å². The molecule has 6 nitrogen and oxygen atoms in total. The molecule has 1 aromatic carbocycles. The molecule has 2 rings (SSSR count). The van der Waals surface area contributed by atoms with Crippen LogP contribution >= 0.6 is 0 Å². The zero-order valence-electron chi connectivity index (χ0n) is 17.2. The van der Waals surface area contributed by atoms with Crippen LogP contribution in [0.15, 0.2) is 23.2 Å². The van der Waals surface area contributed by atoms with Gasteiger partial charge in [0.05, 0.1) is 19.3 Å². The van der Waals surface area contributed by atoms with Crippen molar-refractivity contribution in [3.05, 3.63) is 23.8 Å². The predicted molar refractivity (Wildman–Crippen MR) is 111 cm³/mol. The molecule has 3 N–H and O–H groups in total. The first kappa shape index (κ1) is 21.1. The van der Waals surface area contributed by atoms with E-state index in [-0.39, 0.29) is 5.91 Å². The maximum absolute atomic E-state index is 11.4. The van der Waals surface area contributed by atoms with Gasteiger partial charge in [-0.3, -0.25) is 4.79 Å². The highest BCUT2D eigenvalue weighted by molar-refractivity contribution is 5.90. The van der Waals surface area contributed by atoms with Gasteiger partial charge in [-0.15, -0.1) is 0 Å². The van der Waals surface area contributed by atoms with Crippen LogP contribution in [-0.2, 0) is 11.3 Å². The summed E-state index contributed by atoms with van der Waals surface area (Å²) in [5, 5.41) is 9.68. The van der Waals surface area contributed by atoms with Gasteiger partial charge in [0.1, 0.15) is 5.75 Å². The van der Waals surface area contributed by atoms with Crippen molar-refractivity contribution < 1.29 is 9.53 Å². The van der Waals surface area contributed by atoms with E-state index in [4.69, 9.17) is 9.73 Å². The van der Waals surface area contributed by atoms with E-state index < -0.39 is 0 Å². The molecular weight excluding hydrogens is 340 g/mol. The monoisotopic (exact) mass is 374 g/mol. The van der Waals surface area contributed by atoms with Gasteiger partial charge in [-0.1, -0.05) is 25.8 Å². The molecule has 0 radical (unpaired) electrons. The van der Waals surface area contributed by atoms with Crippen molar-refractivity contribution in [2.75, 3.05) is 25.5 Å². The van der Waals surface area contributed by atoms with E-state index >= 15 is 0 Å². The lowest BCUT2D eigenvalue weighted by molar-refractivity contribution is -0.114. The Balaban J connectivity index is 2.06. The Morgan fingerprint density at radius 1 is 1.22 bits per heavy atom. The normalized spacial score (nSPS) is 16.1. The highest BCUT2D eigenvalue weighted by Gasteiger charge is 2.31. The van der Waals surface area contributed by atoms with E-state index in [1.54, 1.807) is 7.11 Å². The molecule has 1 aliphatic carbocycles. The fourth-order valence-electron chi connectivity index (χ4n) is 3.70. The van der Waals surface area contributed by atoms with Gasteiger partial charge in [0.15, 0.2) is 5.96 Å². The van der Waals surface area contributed by atoms with Crippen molar-refractivity contribution in [1.82, 2.24) is 10.6 Å². The minimum atomic E-state index is -0.120. The first-order chi connectivity index (χ1) is 13.0. The summed E-state index contributed by atoms with van der Waals surface area (Å²) in [4.78, 5) is 16.1.